The first-order chi connectivity index (χ1) is 4.60. The van der Waals surface area contributed by atoms with Gasteiger partial charge >= 0.3 is 0 Å². The fourth-order valence-electron chi connectivity index (χ4n) is 0.714. The van der Waals surface area contributed by atoms with E-state index >= 15 is 0 Å². The Bertz CT molecular complexity index is 209. The van der Waals surface area contributed by atoms with Crippen molar-refractivity contribution in [3.05, 3.63) is 23.9 Å². The standard InChI is InChI=1S/C8H12N2/c1-8(2)5-3-7(9)4-6-10-8/h3-6H,9H2,1-2H3. The van der Waals surface area contributed by atoms with Crippen LogP contribution in [-0.4, -0.2) is 11.8 Å². The molecule has 0 spiro atoms. The molecular formula is C8H12N2. The highest BCUT2D eigenvalue weighted by Gasteiger charge is 2.10. The van der Waals surface area contributed by atoms with Gasteiger partial charge in [0.05, 0.1) is 5.54 Å². The molecule has 0 atom stereocenters. The van der Waals surface area contributed by atoms with Crippen LogP contribution in [0.1, 0.15) is 13.8 Å². The Morgan fingerprint density at radius 2 is 2.20 bits per heavy atom. The largest absolute Gasteiger partial charge is 0.399 e. The number of allylic oxidation sites excluding steroid dienone is 2. The number of nitrogens with zero attached hydrogens (tertiary/aromatic N) is 1. The molecule has 0 aromatic rings. The van der Waals surface area contributed by atoms with Crippen molar-refractivity contribution in [2.24, 2.45) is 10.7 Å². The molecule has 1 aliphatic rings. The summed E-state index contributed by atoms with van der Waals surface area (Å²) in [7, 11) is 0. The van der Waals surface area contributed by atoms with Gasteiger partial charge in [-0.15, -0.1) is 0 Å². The van der Waals surface area contributed by atoms with Gasteiger partial charge in [0.2, 0.25) is 0 Å². The number of nitrogens with two attached hydrogens (primary N) is 1. The van der Waals surface area contributed by atoms with Crippen LogP contribution in [0.3, 0.4) is 0 Å². The SMILES string of the molecule is CC1(C)C=CC(N)=CC=N1. The molecule has 2 N–H and O–H groups in total. The van der Waals surface area contributed by atoms with Crippen LogP contribution >= 0.6 is 0 Å². The fraction of sp³-hybridized carbons (Fsp3) is 0.375. The van der Waals surface area contributed by atoms with E-state index in [9.17, 15) is 0 Å². The molecule has 0 aromatic carbocycles. The zero-order chi connectivity index (χ0) is 7.61. The third-order valence-corrected chi connectivity index (χ3v) is 1.36. The van der Waals surface area contributed by atoms with Gasteiger partial charge in [-0.3, -0.25) is 4.99 Å². The van der Waals surface area contributed by atoms with Gasteiger partial charge in [0.15, 0.2) is 0 Å². The lowest BCUT2D eigenvalue weighted by atomic mass is 10.1. The van der Waals surface area contributed by atoms with E-state index in [1.54, 1.807) is 12.3 Å². The minimum absolute atomic E-state index is 0.0996. The summed E-state index contributed by atoms with van der Waals surface area (Å²) in [5.41, 5.74) is 6.20. The van der Waals surface area contributed by atoms with Crippen LogP contribution < -0.4 is 5.73 Å². The monoisotopic (exact) mass is 136 g/mol. The molecule has 54 valence electrons. The summed E-state index contributed by atoms with van der Waals surface area (Å²) in [6.07, 6.45) is 7.41. The summed E-state index contributed by atoms with van der Waals surface area (Å²) >= 11 is 0. The zero-order valence-corrected chi connectivity index (χ0v) is 6.33. The van der Waals surface area contributed by atoms with Crippen LogP contribution in [0.15, 0.2) is 28.9 Å². The van der Waals surface area contributed by atoms with Crippen molar-refractivity contribution < 1.29 is 0 Å². The smallest absolute Gasteiger partial charge is 0.0735 e. The Morgan fingerprint density at radius 3 is 2.90 bits per heavy atom. The van der Waals surface area contributed by atoms with Crippen LogP contribution in [0.5, 0.6) is 0 Å². The van der Waals surface area contributed by atoms with E-state index < -0.39 is 0 Å². The third-order valence-electron chi connectivity index (χ3n) is 1.36. The molecule has 0 saturated carbocycles. The molecule has 10 heavy (non-hydrogen) atoms. The molecule has 0 fully saturated rings. The van der Waals surface area contributed by atoms with Crippen LogP contribution in [0, 0.1) is 0 Å². The maximum absolute atomic E-state index is 5.54. The first kappa shape index (κ1) is 7.06. The summed E-state index contributed by atoms with van der Waals surface area (Å²) in [4.78, 5) is 4.24. The summed E-state index contributed by atoms with van der Waals surface area (Å²) in [6.45, 7) is 4.07. The fourth-order valence-corrected chi connectivity index (χ4v) is 0.714. The maximum atomic E-state index is 5.54. The molecule has 0 aliphatic carbocycles. The predicted molar refractivity (Wildman–Crippen MR) is 44.0 cm³/mol. The average molecular weight is 136 g/mol. The zero-order valence-electron chi connectivity index (χ0n) is 6.33. The normalized spacial score (nSPS) is 22.0. The number of rotatable bonds is 0. The molecule has 0 aromatic heterocycles. The quantitative estimate of drug-likeness (QED) is 0.534. The molecule has 2 heteroatoms. The number of aliphatic imine (C=N–C) groups is 1. The lowest BCUT2D eigenvalue weighted by Crippen LogP contribution is -2.11. The van der Waals surface area contributed by atoms with E-state index in [1.807, 2.05) is 26.0 Å². The van der Waals surface area contributed by atoms with Crippen molar-refractivity contribution in [3.8, 4) is 0 Å². The Kier molecular flexibility index (Phi) is 1.62. The molecule has 0 bridgehead atoms. The molecule has 0 amide bonds. The van der Waals surface area contributed by atoms with E-state index in [2.05, 4.69) is 4.99 Å². The van der Waals surface area contributed by atoms with Crippen molar-refractivity contribution in [2.45, 2.75) is 19.4 Å². The summed E-state index contributed by atoms with van der Waals surface area (Å²) in [6, 6.07) is 0. The Balaban J connectivity index is 2.88. The maximum Gasteiger partial charge on any atom is 0.0735 e. The van der Waals surface area contributed by atoms with Crippen molar-refractivity contribution in [1.82, 2.24) is 0 Å². The molecule has 1 heterocycles. The second kappa shape index (κ2) is 2.29. The van der Waals surface area contributed by atoms with Gasteiger partial charge in [0.1, 0.15) is 0 Å². The Morgan fingerprint density at radius 1 is 1.50 bits per heavy atom. The van der Waals surface area contributed by atoms with Crippen LogP contribution in [0.2, 0.25) is 0 Å². The minimum Gasteiger partial charge on any atom is -0.399 e. The molecule has 1 rings (SSSR count). The van der Waals surface area contributed by atoms with Gasteiger partial charge in [-0.25, -0.2) is 0 Å². The van der Waals surface area contributed by atoms with Gasteiger partial charge in [0.25, 0.3) is 0 Å². The summed E-state index contributed by atoms with van der Waals surface area (Å²) in [5, 5.41) is 0. The van der Waals surface area contributed by atoms with E-state index in [0.29, 0.717) is 0 Å². The molecule has 0 radical (unpaired) electrons. The number of hydrogen-bond acceptors (Lipinski definition) is 2. The van der Waals surface area contributed by atoms with Crippen molar-refractivity contribution in [1.29, 1.82) is 0 Å². The average Bonchev–Trinajstić information content (AvgIpc) is 1.94. The number of hydrogen-bond donors (Lipinski definition) is 1. The molecule has 1 aliphatic heterocycles. The predicted octanol–water partition coefficient (Wildman–Crippen LogP) is 1.25. The second-order valence-electron chi connectivity index (χ2n) is 2.93. The highest BCUT2D eigenvalue weighted by atomic mass is 14.8. The third kappa shape index (κ3) is 1.72. The van der Waals surface area contributed by atoms with Gasteiger partial charge in [-0.2, -0.15) is 0 Å². The molecule has 0 unspecified atom stereocenters. The summed E-state index contributed by atoms with van der Waals surface area (Å²) in [5.74, 6) is 0. The first-order valence-electron chi connectivity index (χ1n) is 3.30. The van der Waals surface area contributed by atoms with Crippen molar-refractivity contribution in [2.75, 3.05) is 0 Å². The van der Waals surface area contributed by atoms with E-state index in [-0.39, 0.29) is 5.54 Å². The van der Waals surface area contributed by atoms with Crippen LogP contribution in [-0.2, 0) is 0 Å². The lowest BCUT2D eigenvalue weighted by Gasteiger charge is -2.11. The lowest BCUT2D eigenvalue weighted by molar-refractivity contribution is 0.662. The molecular weight excluding hydrogens is 124 g/mol. The first-order valence-corrected chi connectivity index (χ1v) is 3.30. The highest BCUT2D eigenvalue weighted by Crippen LogP contribution is 2.12. The van der Waals surface area contributed by atoms with Crippen molar-refractivity contribution >= 4 is 6.21 Å². The van der Waals surface area contributed by atoms with E-state index in [0.717, 1.165) is 5.70 Å². The van der Waals surface area contributed by atoms with Crippen LogP contribution in [0.25, 0.3) is 0 Å². The Hall–Kier alpha value is -1.05. The van der Waals surface area contributed by atoms with Gasteiger partial charge in [0, 0.05) is 11.9 Å². The van der Waals surface area contributed by atoms with Gasteiger partial charge < -0.3 is 5.73 Å². The van der Waals surface area contributed by atoms with E-state index in [1.165, 1.54) is 0 Å². The molecule has 0 saturated heterocycles. The second-order valence-corrected chi connectivity index (χ2v) is 2.93. The van der Waals surface area contributed by atoms with Gasteiger partial charge in [-0.1, -0.05) is 6.08 Å². The van der Waals surface area contributed by atoms with Crippen molar-refractivity contribution in [3.63, 3.8) is 0 Å². The highest BCUT2D eigenvalue weighted by molar-refractivity contribution is 5.74. The Labute approximate surface area is 61.1 Å². The van der Waals surface area contributed by atoms with Crippen LogP contribution in [0.4, 0.5) is 0 Å². The minimum atomic E-state index is -0.0996. The van der Waals surface area contributed by atoms with Gasteiger partial charge in [-0.05, 0) is 26.0 Å². The summed E-state index contributed by atoms with van der Waals surface area (Å²) < 4.78 is 0. The molecule has 2 nitrogen and oxygen atoms in total. The van der Waals surface area contributed by atoms with E-state index in [4.69, 9.17) is 5.73 Å². The topological polar surface area (TPSA) is 38.4 Å².